The molecule has 0 radical (unpaired) electrons. The minimum Gasteiger partial charge on any atom is -0.480 e. The number of carboxylic acids is 1. The van der Waals surface area contributed by atoms with Crippen molar-refractivity contribution >= 4 is 28.5 Å². The summed E-state index contributed by atoms with van der Waals surface area (Å²) in [6.45, 7) is 3.35. The molecule has 0 spiro atoms. The number of rotatable bonds is 5. The van der Waals surface area contributed by atoms with E-state index >= 15 is 0 Å². The smallest absolute Gasteiger partial charge is 0.324 e. The largest absolute Gasteiger partial charge is 0.480 e. The highest BCUT2D eigenvalue weighted by Crippen LogP contribution is 2.11. The van der Waals surface area contributed by atoms with Crippen LogP contribution in [-0.4, -0.2) is 44.8 Å². The molecule has 0 aliphatic rings. The highest BCUT2D eigenvalue weighted by atomic mass is 32.1. The van der Waals surface area contributed by atoms with Gasteiger partial charge in [-0.1, -0.05) is 18.3 Å². The normalized spacial score (nSPS) is 11.9. The van der Waals surface area contributed by atoms with Crippen LogP contribution in [0.1, 0.15) is 20.3 Å². The molecule has 1 aromatic rings. The van der Waals surface area contributed by atoms with E-state index in [-0.39, 0.29) is 12.6 Å². The lowest BCUT2D eigenvalue weighted by Gasteiger charge is -2.26. The molecule has 94 valence electrons. The quantitative estimate of drug-likeness (QED) is 0.828. The van der Waals surface area contributed by atoms with E-state index in [1.165, 1.54) is 21.7 Å². The number of amides is 2. The van der Waals surface area contributed by atoms with E-state index in [1.807, 2.05) is 6.92 Å². The summed E-state index contributed by atoms with van der Waals surface area (Å²) in [6, 6.07) is -0.627. The molecule has 2 N–H and O–H groups in total. The van der Waals surface area contributed by atoms with E-state index < -0.39 is 12.0 Å². The lowest BCUT2D eigenvalue weighted by atomic mass is 10.2. The van der Waals surface area contributed by atoms with Gasteiger partial charge in [-0.25, -0.2) is 4.79 Å². The Bertz CT molecular complexity index is 382. The average molecular weight is 258 g/mol. The van der Waals surface area contributed by atoms with Crippen molar-refractivity contribution in [1.82, 2.24) is 15.1 Å². The van der Waals surface area contributed by atoms with Gasteiger partial charge in [-0.2, -0.15) is 0 Å². The van der Waals surface area contributed by atoms with E-state index in [0.29, 0.717) is 11.6 Å². The van der Waals surface area contributed by atoms with Crippen LogP contribution in [0.3, 0.4) is 0 Å². The van der Waals surface area contributed by atoms with Gasteiger partial charge in [0.1, 0.15) is 12.1 Å². The molecule has 1 unspecified atom stereocenters. The molecule has 0 saturated carbocycles. The standard InChI is InChI=1S/C9H14N4O3S/c1-3-6(2)13(4-7(14)15)9(16)11-8-12-10-5-17-8/h5-6H,3-4H2,1-2H3,(H,14,15)(H,11,12,16). The molecule has 1 heterocycles. The number of hydrogen-bond acceptors (Lipinski definition) is 5. The van der Waals surface area contributed by atoms with E-state index in [2.05, 4.69) is 15.5 Å². The van der Waals surface area contributed by atoms with Gasteiger partial charge in [-0.3, -0.25) is 10.1 Å². The topological polar surface area (TPSA) is 95.4 Å². The lowest BCUT2D eigenvalue weighted by Crippen LogP contribution is -2.44. The van der Waals surface area contributed by atoms with Gasteiger partial charge in [-0.15, -0.1) is 10.2 Å². The second-order valence-electron chi connectivity index (χ2n) is 3.45. The molecule has 2 amide bonds. The van der Waals surface area contributed by atoms with Gasteiger partial charge < -0.3 is 10.0 Å². The maximum Gasteiger partial charge on any atom is 0.324 e. The zero-order valence-corrected chi connectivity index (χ0v) is 10.4. The Morgan fingerprint density at radius 3 is 2.82 bits per heavy atom. The fraction of sp³-hybridized carbons (Fsp3) is 0.556. The van der Waals surface area contributed by atoms with Crippen molar-refractivity contribution in [3.05, 3.63) is 5.51 Å². The molecule has 17 heavy (non-hydrogen) atoms. The van der Waals surface area contributed by atoms with Crippen molar-refractivity contribution in [3.63, 3.8) is 0 Å². The monoisotopic (exact) mass is 258 g/mol. The summed E-state index contributed by atoms with van der Waals surface area (Å²) in [5, 5.41) is 18.9. The first-order chi connectivity index (χ1) is 8.04. The number of aromatic nitrogens is 2. The molecule has 0 bridgehead atoms. The van der Waals surface area contributed by atoms with Gasteiger partial charge in [0.15, 0.2) is 0 Å². The van der Waals surface area contributed by atoms with E-state index in [0.717, 1.165) is 0 Å². The fourth-order valence-corrected chi connectivity index (χ4v) is 1.62. The van der Waals surface area contributed by atoms with E-state index in [9.17, 15) is 9.59 Å². The molecule has 0 aromatic carbocycles. The van der Waals surface area contributed by atoms with Crippen LogP contribution in [0.4, 0.5) is 9.93 Å². The Morgan fingerprint density at radius 2 is 2.35 bits per heavy atom. The van der Waals surface area contributed by atoms with Crippen LogP contribution < -0.4 is 5.32 Å². The lowest BCUT2D eigenvalue weighted by molar-refractivity contribution is -0.138. The van der Waals surface area contributed by atoms with Crippen LogP contribution in [0.2, 0.25) is 0 Å². The number of aliphatic carboxylic acids is 1. The third kappa shape index (κ3) is 3.99. The first kappa shape index (κ1) is 13.4. The number of urea groups is 1. The van der Waals surface area contributed by atoms with Crippen LogP contribution in [0, 0.1) is 0 Å². The van der Waals surface area contributed by atoms with Gasteiger partial charge >= 0.3 is 12.0 Å². The van der Waals surface area contributed by atoms with Crippen molar-refractivity contribution in [2.45, 2.75) is 26.3 Å². The summed E-state index contributed by atoms with van der Waals surface area (Å²) in [5.41, 5.74) is 1.49. The Kier molecular flexibility index (Phi) is 4.83. The number of carbonyl (C=O) groups excluding carboxylic acids is 1. The Balaban J connectivity index is 2.68. The van der Waals surface area contributed by atoms with Gasteiger partial charge in [0.05, 0.1) is 0 Å². The first-order valence-corrected chi connectivity index (χ1v) is 5.98. The van der Waals surface area contributed by atoms with Gasteiger partial charge in [-0.05, 0) is 13.3 Å². The molecule has 0 aliphatic carbocycles. The minimum absolute atomic E-state index is 0.154. The van der Waals surface area contributed by atoms with Crippen molar-refractivity contribution in [2.75, 3.05) is 11.9 Å². The molecular formula is C9H14N4O3S. The van der Waals surface area contributed by atoms with Crippen LogP contribution in [-0.2, 0) is 4.79 Å². The zero-order chi connectivity index (χ0) is 12.8. The second-order valence-corrected chi connectivity index (χ2v) is 4.29. The number of carboxylic acid groups (broad SMARTS) is 1. The van der Waals surface area contributed by atoms with Crippen LogP contribution in [0.5, 0.6) is 0 Å². The second kappa shape index (κ2) is 6.14. The summed E-state index contributed by atoms with van der Waals surface area (Å²) in [5.74, 6) is -1.04. The predicted octanol–water partition coefficient (Wildman–Crippen LogP) is 1.26. The Labute approximate surface area is 102 Å². The van der Waals surface area contributed by atoms with Gasteiger partial charge in [0.2, 0.25) is 5.13 Å². The number of nitrogens with zero attached hydrogens (tertiary/aromatic N) is 3. The summed E-state index contributed by atoms with van der Waals surface area (Å²) >= 11 is 1.18. The molecule has 1 atom stereocenters. The molecule has 0 saturated heterocycles. The average Bonchev–Trinajstić information content (AvgIpc) is 2.77. The zero-order valence-electron chi connectivity index (χ0n) is 9.58. The summed E-state index contributed by atoms with van der Waals surface area (Å²) in [6.07, 6.45) is 0.677. The maximum absolute atomic E-state index is 11.8. The number of nitrogens with one attached hydrogen (secondary N) is 1. The van der Waals surface area contributed by atoms with Crippen molar-refractivity contribution in [2.24, 2.45) is 0 Å². The first-order valence-electron chi connectivity index (χ1n) is 5.10. The molecule has 7 nitrogen and oxygen atoms in total. The van der Waals surface area contributed by atoms with E-state index in [1.54, 1.807) is 6.92 Å². The van der Waals surface area contributed by atoms with E-state index in [4.69, 9.17) is 5.11 Å². The molecule has 8 heteroatoms. The Hall–Kier alpha value is -1.70. The number of anilines is 1. The summed E-state index contributed by atoms with van der Waals surface area (Å²) in [4.78, 5) is 23.8. The molecule has 1 rings (SSSR count). The summed E-state index contributed by atoms with van der Waals surface area (Å²) < 4.78 is 0. The minimum atomic E-state index is -1.04. The predicted molar refractivity (Wildman–Crippen MR) is 63.0 cm³/mol. The van der Waals surface area contributed by atoms with Crippen molar-refractivity contribution in [1.29, 1.82) is 0 Å². The van der Waals surface area contributed by atoms with Crippen molar-refractivity contribution < 1.29 is 14.7 Å². The highest BCUT2D eigenvalue weighted by molar-refractivity contribution is 7.13. The Morgan fingerprint density at radius 1 is 1.65 bits per heavy atom. The number of carbonyl (C=O) groups is 2. The molecule has 0 fully saturated rings. The number of hydrogen-bond donors (Lipinski definition) is 2. The van der Waals surface area contributed by atoms with Crippen LogP contribution in [0.15, 0.2) is 5.51 Å². The third-order valence-electron chi connectivity index (χ3n) is 2.26. The van der Waals surface area contributed by atoms with Crippen LogP contribution in [0.25, 0.3) is 0 Å². The van der Waals surface area contributed by atoms with Crippen molar-refractivity contribution in [3.8, 4) is 0 Å². The summed E-state index contributed by atoms with van der Waals surface area (Å²) in [7, 11) is 0. The highest BCUT2D eigenvalue weighted by Gasteiger charge is 2.22. The fourth-order valence-electron chi connectivity index (χ4n) is 1.18. The van der Waals surface area contributed by atoms with Gasteiger partial charge in [0, 0.05) is 6.04 Å². The SMILES string of the molecule is CCC(C)N(CC(=O)O)C(=O)Nc1nncs1. The molecular weight excluding hydrogens is 244 g/mol. The molecule has 0 aliphatic heterocycles. The van der Waals surface area contributed by atoms with Gasteiger partial charge in [0.25, 0.3) is 0 Å². The van der Waals surface area contributed by atoms with Crippen LogP contribution >= 0.6 is 11.3 Å². The maximum atomic E-state index is 11.8. The molecule has 1 aromatic heterocycles. The third-order valence-corrected chi connectivity index (χ3v) is 2.87.